The van der Waals surface area contributed by atoms with Gasteiger partial charge in [0, 0.05) is 55.2 Å². The molecule has 0 atom stereocenters. The third-order valence-electron chi connectivity index (χ3n) is 5.90. The third kappa shape index (κ3) is 3.84. The average Bonchev–Trinajstić information content (AvgIpc) is 3.17. The van der Waals surface area contributed by atoms with E-state index in [0.717, 1.165) is 62.1 Å². The molecule has 0 aliphatic carbocycles. The monoisotopic (exact) mass is 426 g/mol. The lowest BCUT2D eigenvalue weighted by Gasteiger charge is -2.35. The van der Waals surface area contributed by atoms with Crippen molar-refractivity contribution in [3.05, 3.63) is 52.5 Å². The van der Waals surface area contributed by atoms with Crippen molar-refractivity contribution in [2.75, 3.05) is 42.9 Å². The Balaban J connectivity index is 1.20. The van der Waals surface area contributed by atoms with Gasteiger partial charge in [0.05, 0.1) is 4.70 Å². The normalized spacial score (nSPS) is 17.4. The van der Waals surface area contributed by atoms with Gasteiger partial charge >= 0.3 is 0 Å². The second-order valence-corrected chi connectivity index (χ2v) is 8.94. The molecule has 0 radical (unpaired) electrons. The summed E-state index contributed by atoms with van der Waals surface area (Å²) in [6.45, 7) is 5.06. The van der Waals surface area contributed by atoms with Crippen LogP contribution in [0.25, 0.3) is 10.1 Å². The van der Waals surface area contributed by atoms with Gasteiger partial charge in [-0.15, -0.1) is 0 Å². The van der Waals surface area contributed by atoms with Crippen molar-refractivity contribution in [2.24, 2.45) is 0 Å². The molecule has 29 heavy (non-hydrogen) atoms. The van der Waals surface area contributed by atoms with Crippen LogP contribution in [0.1, 0.15) is 17.5 Å². The van der Waals surface area contributed by atoms with Crippen LogP contribution in [0, 0.1) is 0 Å². The molecule has 1 fully saturated rings. The molecule has 2 aromatic carbocycles. The fourth-order valence-electron chi connectivity index (χ4n) is 4.21. The van der Waals surface area contributed by atoms with Crippen LogP contribution in [0.3, 0.4) is 0 Å². The Morgan fingerprint density at radius 1 is 1.10 bits per heavy atom. The predicted octanol–water partition coefficient (Wildman–Crippen LogP) is 4.20. The number of halogens is 1. The largest absolute Gasteiger partial charge is 0.353 e. The molecule has 1 N–H and O–H groups in total. The number of hydrogen-bond donors (Lipinski definition) is 1. The summed E-state index contributed by atoms with van der Waals surface area (Å²) < 4.78 is 5.95. The molecule has 0 saturated carbocycles. The number of carbonyl (C=O) groups is 1. The number of aromatic nitrogens is 1. The smallest absolute Gasteiger partial charge is 0.224 e. The molecule has 5 rings (SSSR count). The molecule has 0 bridgehead atoms. The van der Waals surface area contributed by atoms with Crippen LogP contribution in [-0.4, -0.2) is 47.9 Å². The minimum atomic E-state index is 0.0760. The second kappa shape index (κ2) is 7.94. The summed E-state index contributed by atoms with van der Waals surface area (Å²) in [5.74, 6) is 1.21. The van der Waals surface area contributed by atoms with Crippen LogP contribution in [-0.2, 0) is 17.6 Å². The van der Waals surface area contributed by atoms with E-state index in [1.165, 1.54) is 21.2 Å². The van der Waals surface area contributed by atoms with E-state index in [9.17, 15) is 4.79 Å². The number of nitrogens with one attached hydrogen (secondary N) is 1. The van der Waals surface area contributed by atoms with Gasteiger partial charge in [-0.2, -0.15) is 4.37 Å². The zero-order valence-electron chi connectivity index (χ0n) is 16.2. The summed E-state index contributed by atoms with van der Waals surface area (Å²) in [7, 11) is 0. The molecule has 3 aromatic rings. The van der Waals surface area contributed by atoms with Crippen molar-refractivity contribution in [1.82, 2.24) is 9.27 Å². The molecule has 7 heteroatoms. The summed E-state index contributed by atoms with van der Waals surface area (Å²) in [5, 5.41) is 4.93. The van der Waals surface area contributed by atoms with Crippen molar-refractivity contribution in [3.8, 4) is 0 Å². The topological polar surface area (TPSA) is 48.5 Å². The number of rotatable bonds is 4. The first-order valence-corrected chi connectivity index (χ1v) is 11.3. The molecule has 0 unspecified atom stereocenters. The highest BCUT2D eigenvalue weighted by Gasteiger charge is 2.21. The van der Waals surface area contributed by atoms with Crippen LogP contribution in [0.4, 0.5) is 11.5 Å². The summed E-state index contributed by atoms with van der Waals surface area (Å²) >= 11 is 8.07. The summed E-state index contributed by atoms with van der Waals surface area (Å²) in [6, 6.07) is 12.6. The maximum Gasteiger partial charge on any atom is 0.224 e. The highest BCUT2D eigenvalue weighted by atomic mass is 35.5. The van der Waals surface area contributed by atoms with Crippen molar-refractivity contribution >= 4 is 50.6 Å². The van der Waals surface area contributed by atoms with E-state index >= 15 is 0 Å². The first-order chi connectivity index (χ1) is 14.2. The predicted molar refractivity (Wildman–Crippen MR) is 120 cm³/mol. The van der Waals surface area contributed by atoms with Gasteiger partial charge in [-0.1, -0.05) is 29.8 Å². The first kappa shape index (κ1) is 18.9. The van der Waals surface area contributed by atoms with Crippen LogP contribution in [0.5, 0.6) is 0 Å². The number of piperazine rings is 1. The molecule has 2 aliphatic rings. The van der Waals surface area contributed by atoms with E-state index < -0.39 is 0 Å². The van der Waals surface area contributed by atoms with Crippen molar-refractivity contribution in [2.45, 2.75) is 19.3 Å². The minimum absolute atomic E-state index is 0.0760. The highest BCUT2D eigenvalue weighted by Crippen LogP contribution is 2.31. The molecule has 1 aromatic heterocycles. The number of anilines is 2. The van der Waals surface area contributed by atoms with Gasteiger partial charge in [0.2, 0.25) is 5.91 Å². The van der Waals surface area contributed by atoms with Crippen molar-refractivity contribution in [3.63, 3.8) is 0 Å². The van der Waals surface area contributed by atoms with Crippen molar-refractivity contribution < 1.29 is 4.79 Å². The lowest BCUT2D eigenvalue weighted by atomic mass is 9.99. The maximum absolute atomic E-state index is 11.6. The first-order valence-electron chi connectivity index (χ1n) is 10.1. The molecular formula is C22H23ClN4OS. The third-order valence-corrected chi connectivity index (χ3v) is 7.06. The molecule has 3 heterocycles. The average molecular weight is 427 g/mol. The van der Waals surface area contributed by atoms with Gasteiger partial charge < -0.3 is 10.2 Å². The summed E-state index contributed by atoms with van der Waals surface area (Å²) in [6.07, 6.45) is 2.28. The van der Waals surface area contributed by atoms with E-state index in [4.69, 9.17) is 16.0 Å². The number of nitrogens with zero attached hydrogens (tertiary/aromatic N) is 3. The van der Waals surface area contributed by atoms with Gasteiger partial charge in [-0.25, -0.2) is 0 Å². The van der Waals surface area contributed by atoms with E-state index in [0.29, 0.717) is 6.42 Å². The Hall–Kier alpha value is -2.15. The number of amides is 1. The molecule has 1 saturated heterocycles. The lowest BCUT2D eigenvalue weighted by molar-refractivity contribution is -0.116. The van der Waals surface area contributed by atoms with Crippen LogP contribution >= 0.6 is 23.1 Å². The molecule has 2 aliphatic heterocycles. The Labute approximate surface area is 179 Å². The summed E-state index contributed by atoms with van der Waals surface area (Å²) in [5.41, 5.74) is 3.25. The maximum atomic E-state index is 11.6. The highest BCUT2D eigenvalue weighted by molar-refractivity contribution is 7.13. The second-order valence-electron chi connectivity index (χ2n) is 7.73. The van der Waals surface area contributed by atoms with E-state index in [1.807, 2.05) is 6.07 Å². The zero-order valence-corrected chi connectivity index (χ0v) is 17.7. The molecule has 0 spiro atoms. The number of aryl methyl sites for hydroxylation is 1. The number of hydrogen-bond acceptors (Lipinski definition) is 5. The fraction of sp³-hybridized carbons (Fsp3) is 0.364. The van der Waals surface area contributed by atoms with E-state index in [2.05, 4.69) is 45.4 Å². The SMILES string of the molecule is O=C1CCc2cc(CCN3CCN(c4nsc5ccccc45)CC3)c(Cl)cc2N1. The molecule has 150 valence electrons. The van der Waals surface area contributed by atoms with Crippen LogP contribution in [0.15, 0.2) is 36.4 Å². The van der Waals surface area contributed by atoms with Crippen LogP contribution in [0.2, 0.25) is 5.02 Å². The quantitative estimate of drug-likeness (QED) is 0.679. The van der Waals surface area contributed by atoms with Gasteiger partial charge in [0.25, 0.3) is 0 Å². The zero-order chi connectivity index (χ0) is 19.8. The van der Waals surface area contributed by atoms with Crippen molar-refractivity contribution in [1.29, 1.82) is 0 Å². The van der Waals surface area contributed by atoms with Gasteiger partial charge in [0.1, 0.15) is 5.82 Å². The number of benzene rings is 2. The minimum Gasteiger partial charge on any atom is -0.353 e. The Morgan fingerprint density at radius 2 is 1.93 bits per heavy atom. The van der Waals surface area contributed by atoms with Crippen LogP contribution < -0.4 is 10.2 Å². The Bertz CT molecular complexity index is 1060. The van der Waals surface area contributed by atoms with Gasteiger partial charge in [0.15, 0.2) is 0 Å². The van der Waals surface area contributed by atoms with Gasteiger partial charge in [-0.3, -0.25) is 9.69 Å². The van der Waals surface area contributed by atoms with E-state index in [1.54, 1.807) is 11.5 Å². The molecule has 1 amide bonds. The fourth-order valence-corrected chi connectivity index (χ4v) is 5.26. The summed E-state index contributed by atoms with van der Waals surface area (Å²) in [4.78, 5) is 16.5. The number of carbonyl (C=O) groups excluding carboxylic acids is 1. The standard InChI is InChI=1S/C22H23ClN4OS/c23-18-14-19-16(5-6-21(28)24-19)13-15(18)7-8-26-9-11-27(12-10-26)22-17-3-1-2-4-20(17)29-25-22/h1-4,13-14H,5-12H2,(H,24,28). The number of fused-ring (bicyclic) bond motifs is 2. The lowest BCUT2D eigenvalue weighted by Crippen LogP contribution is -2.47. The molecular weight excluding hydrogens is 404 g/mol. The Kier molecular flexibility index (Phi) is 5.16. The van der Waals surface area contributed by atoms with Gasteiger partial charge in [-0.05, 0) is 53.7 Å². The molecule has 5 nitrogen and oxygen atoms in total. The Morgan fingerprint density at radius 3 is 2.79 bits per heavy atom. The van der Waals surface area contributed by atoms with E-state index in [-0.39, 0.29) is 5.91 Å².